The van der Waals surface area contributed by atoms with Gasteiger partial charge in [-0.15, -0.1) is 0 Å². The summed E-state index contributed by atoms with van der Waals surface area (Å²) in [5.41, 5.74) is -0.326. The van der Waals surface area contributed by atoms with E-state index in [9.17, 15) is 18.0 Å². The maximum absolute atomic E-state index is 13.1. The lowest BCUT2D eigenvalue weighted by Gasteiger charge is -2.31. The van der Waals surface area contributed by atoms with Crippen LogP contribution in [0.2, 0.25) is 0 Å². The van der Waals surface area contributed by atoms with Gasteiger partial charge in [0.2, 0.25) is 5.91 Å². The van der Waals surface area contributed by atoms with Gasteiger partial charge in [-0.1, -0.05) is 18.2 Å². The molecule has 1 aromatic rings. The molecule has 2 rings (SSSR count). The van der Waals surface area contributed by atoms with Crippen molar-refractivity contribution < 1.29 is 18.0 Å². The fourth-order valence-corrected chi connectivity index (χ4v) is 2.82. The summed E-state index contributed by atoms with van der Waals surface area (Å²) in [5, 5.41) is 3.18. The van der Waals surface area contributed by atoms with Crippen molar-refractivity contribution in [3.8, 4) is 0 Å². The number of allylic oxidation sites excluding steroid dienone is 1. The maximum atomic E-state index is 13.1. The Hall–Kier alpha value is -1.82. The average molecular weight is 326 g/mol. The Balaban J connectivity index is 2.16. The molecule has 3 nitrogen and oxygen atoms in total. The van der Waals surface area contributed by atoms with E-state index in [1.165, 1.54) is 18.2 Å². The van der Waals surface area contributed by atoms with Gasteiger partial charge in [0.25, 0.3) is 0 Å². The summed E-state index contributed by atoms with van der Waals surface area (Å²) in [4.78, 5) is 14.0. The third kappa shape index (κ3) is 4.34. The van der Waals surface area contributed by atoms with Crippen molar-refractivity contribution in [3.05, 3.63) is 41.5 Å². The van der Waals surface area contributed by atoms with Crippen LogP contribution in [0.5, 0.6) is 0 Å². The summed E-state index contributed by atoms with van der Waals surface area (Å²) in [7, 11) is 1.89. The predicted molar refractivity (Wildman–Crippen MR) is 83.8 cm³/mol. The van der Waals surface area contributed by atoms with Crippen LogP contribution >= 0.6 is 0 Å². The summed E-state index contributed by atoms with van der Waals surface area (Å²) in [5.74, 6) is -0.228. The van der Waals surface area contributed by atoms with Crippen molar-refractivity contribution in [2.75, 3.05) is 20.1 Å². The van der Waals surface area contributed by atoms with Crippen molar-refractivity contribution in [2.45, 2.75) is 32.0 Å². The first-order chi connectivity index (χ1) is 10.8. The van der Waals surface area contributed by atoms with Gasteiger partial charge in [-0.2, -0.15) is 13.2 Å². The van der Waals surface area contributed by atoms with Crippen LogP contribution in [-0.4, -0.2) is 37.0 Å². The number of nitrogens with one attached hydrogen (secondary N) is 1. The number of halogens is 3. The van der Waals surface area contributed by atoms with Crippen LogP contribution in [0.3, 0.4) is 0 Å². The first-order valence-electron chi connectivity index (χ1n) is 7.64. The van der Waals surface area contributed by atoms with E-state index in [1.54, 1.807) is 17.9 Å². The first-order valence-corrected chi connectivity index (χ1v) is 7.64. The normalized spacial score (nSPS) is 17.4. The Bertz CT molecular complexity index is 588. The van der Waals surface area contributed by atoms with Crippen LogP contribution in [0.15, 0.2) is 30.3 Å². The second-order valence-electron chi connectivity index (χ2n) is 5.76. The maximum Gasteiger partial charge on any atom is 0.416 e. The average Bonchev–Trinajstić information content (AvgIpc) is 2.54. The highest BCUT2D eigenvalue weighted by atomic mass is 19.4. The predicted octanol–water partition coefficient (Wildman–Crippen LogP) is 3.32. The zero-order valence-electron chi connectivity index (χ0n) is 13.3. The Morgan fingerprint density at radius 1 is 1.26 bits per heavy atom. The van der Waals surface area contributed by atoms with Crippen molar-refractivity contribution in [2.24, 2.45) is 0 Å². The van der Waals surface area contributed by atoms with Crippen LogP contribution in [-0.2, 0) is 11.0 Å². The molecule has 23 heavy (non-hydrogen) atoms. The number of rotatable bonds is 3. The van der Waals surface area contributed by atoms with Gasteiger partial charge >= 0.3 is 6.18 Å². The molecule has 0 unspecified atom stereocenters. The first kappa shape index (κ1) is 17.5. The van der Waals surface area contributed by atoms with Gasteiger partial charge < -0.3 is 10.2 Å². The highest BCUT2D eigenvalue weighted by molar-refractivity contribution is 5.95. The smallest absolute Gasteiger partial charge is 0.339 e. The molecule has 1 saturated heterocycles. The van der Waals surface area contributed by atoms with E-state index in [1.807, 2.05) is 7.05 Å². The van der Waals surface area contributed by atoms with E-state index in [0.29, 0.717) is 24.7 Å². The molecule has 0 aromatic heterocycles. The third-order valence-electron chi connectivity index (χ3n) is 4.21. The molecular weight excluding hydrogens is 305 g/mol. The number of benzene rings is 1. The molecule has 0 bridgehead atoms. The highest BCUT2D eigenvalue weighted by Gasteiger charge is 2.33. The summed E-state index contributed by atoms with van der Waals surface area (Å²) in [6.07, 6.45) is -1.41. The number of nitrogens with zero attached hydrogens (tertiary/aromatic N) is 1. The highest BCUT2D eigenvalue weighted by Crippen LogP contribution is 2.34. The Labute approximate surface area is 134 Å². The Morgan fingerprint density at radius 2 is 1.87 bits per heavy atom. The molecular formula is C17H21F3N2O. The second kappa shape index (κ2) is 7.17. The second-order valence-corrected chi connectivity index (χ2v) is 5.76. The van der Waals surface area contributed by atoms with Gasteiger partial charge in [-0.3, -0.25) is 4.79 Å². The molecule has 126 valence electrons. The number of amides is 1. The van der Waals surface area contributed by atoms with Crippen LogP contribution < -0.4 is 5.32 Å². The van der Waals surface area contributed by atoms with E-state index in [0.717, 1.165) is 18.9 Å². The number of carbonyl (C=O) groups is 1. The molecule has 0 atom stereocenters. The topological polar surface area (TPSA) is 32.3 Å². The van der Waals surface area contributed by atoms with Gasteiger partial charge in [0.05, 0.1) is 5.56 Å². The number of hydrogen-bond donors (Lipinski definition) is 1. The molecule has 0 saturated carbocycles. The molecule has 1 aliphatic rings. The largest absolute Gasteiger partial charge is 0.416 e. The van der Waals surface area contributed by atoms with Crippen molar-refractivity contribution >= 4 is 11.5 Å². The SMILES string of the molecule is CNC1CCN(C(=O)/C=C(/C)c2ccccc2C(F)(F)F)CC1. The van der Waals surface area contributed by atoms with Crippen LogP contribution in [0, 0.1) is 0 Å². The van der Waals surface area contributed by atoms with Gasteiger partial charge in [0, 0.05) is 25.2 Å². The zero-order chi connectivity index (χ0) is 17.0. The molecule has 1 fully saturated rings. The lowest BCUT2D eigenvalue weighted by atomic mass is 9.99. The summed E-state index contributed by atoms with van der Waals surface area (Å²) in [6, 6.07) is 5.73. The monoisotopic (exact) mass is 326 g/mol. The Kier molecular flexibility index (Phi) is 5.46. The van der Waals surface area contributed by atoms with Gasteiger partial charge in [0.1, 0.15) is 0 Å². The van der Waals surface area contributed by atoms with Crippen LogP contribution in [0.25, 0.3) is 5.57 Å². The van der Waals surface area contributed by atoms with E-state index < -0.39 is 11.7 Å². The number of piperidine rings is 1. The minimum Gasteiger partial charge on any atom is -0.339 e. The minimum atomic E-state index is -4.43. The number of hydrogen-bond acceptors (Lipinski definition) is 2. The van der Waals surface area contributed by atoms with Gasteiger partial charge in [0.15, 0.2) is 0 Å². The summed E-state index contributed by atoms with van der Waals surface area (Å²) >= 11 is 0. The lowest BCUT2D eigenvalue weighted by molar-refractivity contribution is -0.137. The fourth-order valence-electron chi connectivity index (χ4n) is 2.82. The van der Waals surface area contributed by atoms with Crippen LogP contribution in [0.4, 0.5) is 13.2 Å². The molecule has 1 heterocycles. The molecule has 6 heteroatoms. The van der Waals surface area contributed by atoms with E-state index >= 15 is 0 Å². The van der Waals surface area contributed by atoms with Crippen molar-refractivity contribution in [1.29, 1.82) is 0 Å². The summed E-state index contributed by atoms with van der Waals surface area (Å²) in [6.45, 7) is 2.78. The molecule has 0 spiro atoms. The zero-order valence-corrected chi connectivity index (χ0v) is 13.3. The Morgan fingerprint density at radius 3 is 2.43 bits per heavy atom. The molecule has 0 radical (unpaired) electrons. The summed E-state index contributed by atoms with van der Waals surface area (Å²) < 4.78 is 39.2. The van der Waals surface area contributed by atoms with E-state index in [2.05, 4.69) is 5.32 Å². The standard InChI is InChI=1S/C17H21F3N2O/c1-12(14-5-3-4-6-15(14)17(18,19)20)11-16(23)22-9-7-13(21-2)8-10-22/h3-6,11,13,21H,7-10H2,1-2H3/b12-11-. The lowest BCUT2D eigenvalue weighted by Crippen LogP contribution is -2.43. The van der Waals surface area contributed by atoms with Crippen LogP contribution in [0.1, 0.15) is 30.9 Å². The molecule has 1 aliphatic heterocycles. The third-order valence-corrected chi connectivity index (χ3v) is 4.21. The van der Waals surface area contributed by atoms with Crippen molar-refractivity contribution in [1.82, 2.24) is 10.2 Å². The van der Waals surface area contributed by atoms with Crippen molar-refractivity contribution in [3.63, 3.8) is 0 Å². The molecule has 1 aromatic carbocycles. The van der Waals surface area contributed by atoms with E-state index in [4.69, 9.17) is 0 Å². The number of likely N-dealkylation sites (tertiary alicyclic amines) is 1. The van der Waals surface area contributed by atoms with Gasteiger partial charge in [-0.25, -0.2) is 0 Å². The quantitative estimate of drug-likeness (QED) is 0.864. The molecule has 1 N–H and O–H groups in total. The number of alkyl halides is 3. The van der Waals surface area contributed by atoms with Gasteiger partial charge in [-0.05, 0) is 44.0 Å². The van der Waals surface area contributed by atoms with E-state index in [-0.39, 0.29) is 11.5 Å². The molecule has 0 aliphatic carbocycles. The molecule has 1 amide bonds. The fraction of sp³-hybridized carbons (Fsp3) is 0.471. The number of carbonyl (C=O) groups excluding carboxylic acids is 1. The minimum absolute atomic E-state index is 0.0541.